The molecule has 0 aliphatic heterocycles. The van der Waals surface area contributed by atoms with Crippen molar-refractivity contribution in [1.29, 1.82) is 0 Å². The van der Waals surface area contributed by atoms with Gasteiger partial charge in [-0.25, -0.2) is 55.9 Å². The number of carbonyl (C=O) groups is 8. The van der Waals surface area contributed by atoms with E-state index in [0.29, 0.717) is 121 Å². The van der Waals surface area contributed by atoms with Crippen molar-refractivity contribution >= 4 is 47.8 Å². The van der Waals surface area contributed by atoms with Crippen molar-refractivity contribution in [1.82, 2.24) is 0 Å². The first-order valence-corrected chi connectivity index (χ1v) is 36.7. The van der Waals surface area contributed by atoms with Gasteiger partial charge in [0.25, 0.3) is 0 Å². The quantitative estimate of drug-likeness (QED) is 0.0147. The Morgan fingerprint density at radius 2 is 0.462 bits per heavy atom. The maximum absolute atomic E-state index is 14.9. The second-order valence-electron chi connectivity index (χ2n) is 27.2. The highest BCUT2D eigenvalue weighted by atomic mass is 19.1. The summed E-state index contributed by atoms with van der Waals surface area (Å²) in [7, 11) is 0. The zero-order valence-corrected chi connectivity index (χ0v) is 66.7. The Balaban J connectivity index is 0.000000248. The second-order valence-corrected chi connectivity index (χ2v) is 27.2. The summed E-state index contributed by atoms with van der Waals surface area (Å²) in [5.41, 5.74) is 12.5. The van der Waals surface area contributed by atoms with Gasteiger partial charge in [0.15, 0.2) is 11.6 Å². The average molecular weight is 1610 g/mol. The molecule has 0 saturated carbocycles. The minimum Gasteiger partial charge on any atom is -0.462 e. The molecule has 0 amide bonds. The van der Waals surface area contributed by atoms with Gasteiger partial charge in [-0.3, -0.25) is 0 Å². The van der Waals surface area contributed by atoms with Gasteiger partial charge < -0.3 is 37.9 Å². The molecule has 0 bridgehead atoms. The molecule has 0 radical (unpaired) electrons. The molecule has 16 nitrogen and oxygen atoms in total. The number of aryl methyl sites for hydroxylation is 2. The topological polar surface area (TPSA) is 210 Å². The Bertz CT molecular complexity index is 5270. The first-order chi connectivity index (χ1) is 56.0. The number of carbonyl (C=O) groups excluding carboxylic acids is 8. The highest BCUT2D eigenvalue weighted by Gasteiger charge is 2.18. The van der Waals surface area contributed by atoms with E-state index in [4.69, 9.17) is 37.9 Å². The SMILES string of the molecule is C.C=C(C)C(=O)OCCCc1ccc(-c2ccc(-c3ccc(OC(=O)C(=C)C)cc3)c(F)c2)cc1.C=C(C)C(=O)OCCCc1ccc(-c2ccc(-c3ccc(OC(=O)C(=C)C)cc3)c(F)c2)cc1.C=C(C)C(=O)Oc1ccc(-c2ccc(OC(=O)C(=C)C)c(F)c2)cc1.C=C(C)C(=O)Oc1ccc(-c2ccc(OC(=O)C(=C)C)cc2F)cc1. The van der Waals surface area contributed by atoms with E-state index in [2.05, 4.69) is 52.6 Å². The fourth-order valence-electron chi connectivity index (χ4n) is 10.3. The lowest BCUT2D eigenvalue weighted by Gasteiger charge is -2.09. The molecule has 0 N–H and O–H groups in total. The Kier molecular flexibility index (Phi) is 35.4. The summed E-state index contributed by atoms with van der Waals surface area (Å²) in [6.45, 7) is 41.3. The molecule has 0 heterocycles. The monoisotopic (exact) mass is 1610 g/mol. The van der Waals surface area contributed by atoms with Gasteiger partial charge >= 0.3 is 47.8 Å². The standard InChI is InChI=1S/2C29H27FO4.2C20H17FO4.CH4/c2*1-19(2)28(31)33-17-5-6-21-7-9-22(10-8-21)24-13-16-26(27(30)18-24)23-11-14-25(15-12-23)34-29(32)20(3)4;1-12(2)19(22)24-16-8-5-14(6-9-16)15-7-10-18(17(21)11-15)25-20(23)13(3)4;1-12(2)19(22)24-15-7-5-14(6-8-15)17-10-9-16(11-18(17)21)25-20(23)13(3)4;/h2*7-16,18H,1,3,5-6,17H2,2,4H3;2*5-11H,1,3H2,2,4H3;1H4. The summed E-state index contributed by atoms with van der Waals surface area (Å²) < 4.78 is 98.8. The minimum absolute atomic E-state index is 0. The van der Waals surface area contributed by atoms with Crippen LogP contribution in [0.5, 0.6) is 34.5 Å². The number of ether oxygens (including phenoxy) is 8. The molecule has 10 aromatic carbocycles. The van der Waals surface area contributed by atoms with Crippen LogP contribution in [-0.2, 0) is 60.7 Å². The molecule has 0 aliphatic carbocycles. The largest absolute Gasteiger partial charge is 0.462 e. The van der Waals surface area contributed by atoms with E-state index in [1.165, 1.54) is 50.2 Å². The number of hydrogen-bond donors (Lipinski definition) is 0. The minimum atomic E-state index is -0.685. The molecule has 0 spiro atoms. The molecule has 612 valence electrons. The molecular weight excluding hydrogens is 1520 g/mol. The van der Waals surface area contributed by atoms with Gasteiger partial charge in [-0.05, 0) is 227 Å². The molecule has 0 aromatic heterocycles. The molecule has 0 atom stereocenters. The van der Waals surface area contributed by atoms with Crippen LogP contribution in [0.4, 0.5) is 17.6 Å². The van der Waals surface area contributed by atoms with Crippen molar-refractivity contribution < 1.29 is 93.8 Å². The molecule has 10 aromatic rings. The van der Waals surface area contributed by atoms with Crippen LogP contribution in [0, 0.1) is 23.3 Å². The normalized spacial score (nSPS) is 10.2. The number of benzene rings is 10. The van der Waals surface area contributed by atoms with Crippen LogP contribution in [0.25, 0.3) is 66.8 Å². The molecule has 0 unspecified atom stereocenters. The van der Waals surface area contributed by atoms with E-state index in [-0.39, 0.29) is 59.2 Å². The van der Waals surface area contributed by atoms with Crippen LogP contribution >= 0.6 is 0 Å². The van der Waals surface area contributed by atoms with Crippen molar-refractivity contribution in [3.8, 4) is 101 Å². The third-order valence-electron chi connectivity index (χ3n) is 16.8. The van der Waals surface area contributed by atoms with Gasteiger partial charge in [0.2, 0.25) is 0 Å². The van der Waals surface area contributed by atoms with Crippen LogP contribution in [0.1, 0.15) is 86.8 Å². The van der Waals surface area contributed by atoms with E-state index in [1.54, 1.807) is 157 Å². The first kappa shape index (κ1) is 93.5. The molecule has 119 heavy (non-hydrogen) atoms. The Morgan fingerprint density at radius 3 is 0.731 bits per heavy atom. The van der Waals surface area contributed by atoms with Gasteiger partial charge in [0, 0.05) is 67.3 Å². The number of esters is 8. The van der Waals surface area contributed by atoms with E-state index in [1.807, 2.05) is 60.7 Å². The zero-order chi connectivity index (χ0) is 86.4. The van der Waals surface area contributed by atoms with Crippen LogP contribution in [0.15, 0.2) is 316 Å². The van der Waals surface area contributed by atoms with Crippen molar-refractivity contribution in [2.75, 3.05) is 13.2 Å². The number of rotatable bonds is 28. The van der Waals surface area contributed by atoms with Crippen LogP contribution < -0.4 is 28.4 Å². The maximum Gasteiger partial charge on any atom is 0.338 e. The van der Waals surface area contributed by atoms with E-state index >= 15 is 0 Å². The summed E-state index contributed by atoms with van der Waals surface area (Å²) in [5, 5.41) is 0. The van der Waals surface area contributed by atoms with Gasteiger partial charge in [0.1, 0.15) is 46.2 Å². The van der Waals surface area contributed by atoms with Crippen LogP contribution in [-0.4, -0.2) is 61.0 Å². The van der Waals surface area contributed by atoms with Gasteiger partial charge in [-0.1, -0.05) is 187 Å². The first-order valence-electron chi connectivity index (χ1n) is 36.7. The van der Waals surface area contributed by atoms with Crippen molar-refractivity contribution in [2.24, 2.45) is 0 Å². The zero-order valence-electron chi connectivity index (χ0n) is 66.7. The third kappa shape index (κ3) is 29.1. The van der Waals surface area contributed by atoms with Crippen LogP contribution in [0.3, 0.4) is 0 Å². The lowest BCUT2D eigenvalue weighted by Crippen LogP contribution is -2.09. The smallest absolute Gasteiger partial charge is 0.338 e. The van der Waals surface area contributed by atoms with Crippen molar-refractivity contribution in [3.05, 3.63) is 350 Å². The fourth-order valence-corrected chi connectivity index (χ4v) is 10.3. The van der Waals surface area contributed by atoms with E-state index in [9.17, 15) is 55.9 Å². The van der Waals surface area contributed by atoms with E-state index in [0.717, 1.165) is 52.3 Å². The van der Waals surface area contributed by atoms with Crippen molar-refractivity contribution in [3.63, 3.8) is 0 Å². The highest BCUT2D eigenvalue weighted by Crippen LogP contribution is 2.35. The fraction of sp³-hybridized carbons (Fsp3) is 0.152. The lowest BCUT2D eigenvalue weighted by atomic mass is 9.98. The predicted molar refractivity (Wildman–Crippen MR) is 456 cm³/mol. The Morgan fingerprint density at radius 1 is 0.244 bits per heavy atom. The van der Waals surface area contributed by atoms with Gasteiger partial charge in [-0.2, -0.15) is 0 Å². The molecular formula is C99H92F4O16. The lowest BCUT2D eigenvalue weighted by molar-refractivity contribution is -0.139. The maximum atomic E-state index is 14.9. The van der Waals surface area contributed by atoms with Crippen LogP contribution in [0.2, 0.25) is 0 Å². The summed E-state index contributed by atoms with van der Waals surface area (Å²) >= 11 is 0. The van der Waals surface area contributed by atoms with Gasteiger partial charge in [0.05, 0.1) is 13.2 Å². The predicted octanol–water partition coefficient (Wildman–Crippen LogP) is 22.9. The highest BCUT2D eigenvalue weighted by molar-refractivity contribution is 5.92. The number of halogens is 4. The Hall–Kier alpha value is -14.4. The molecule has 20 heteroatoms. The second kappa shape index (κ2) is 45.0. The van der Waals surface area contributed by atoms with Crippen molar-refractivity contribution in [2.45, 2.75) is 88.5 Å². The summed E-state index contributed by atoms with van der Waals surface area (Å²) in [6, 6.07) is 60.7. The third-order valence-corrected chi connectivity index (χ3v) is 16.8. The molecule has 0 fully saturated rings. The summed E-state index contributed by atoms with van der Waals surface area (Å²) in [5.74, 6) is -4.57. The summed E-state index contributed by atoms with van der Waals surface area (Å²) in [4.78, 5) is 91.9. The molecule has 0 aliphatic rings. The summed E-state index contributed by atoms with van der Waals surface area (Å²) in [6.07, 6.45) is 2.98. The number of hydrogen-bond acceptors (Lipinski definition) is 16. The molecule has 10 rings (SSSR count). The molecule has 0 saturated heterocycles. The Labute approximate surface area is 691 Å². The average Bonchev–Trinajstić information content (AvgIpc) is 0.825. The van der Waals surface area contributed by atoms with E-state index < -0.39 is 47.5 Å². The van der Waals surface area contributed by atoms with Gasteiger partial charge in [-0.15, -0.1) is 0 Å².